The number of aliphatic imine (C=N–C) groups is 1. The van der Waals surface area contributed by atoms with Gasteiger partial charge in [0.05, 0.1) is 28.0 Å². The average molecular weight is 526 g/mol. The first-order valence-electron chi connectivity index (χ1n) is 12.3. The molecule has 1 amide bonds. The van der Waals surface area contributed by atoms with E-state index in [2.05, 4.69) is 9.97 Å². The highest BCUT2D eigenvalue weighted by Crippen LogP contribution is 2.33. The van der Waals surface area contributed by atoms with Crippen LogP contribution in [-0.2, 0) is 4.79 Å². The number of benzene rings is 3. The largest absolute Gasteiger partial charge is 0.494 e. The van der Waals surface area contributed by atoms with E-state index in [1.54, 1.807) is 30.2 Å². The molecule has 5 rings (SSSR count). The number of nitrogens with zero attached hydrogens (tertiary/aromatic N) is 4. The summed E-state index contributed by atoms with van der Waals surface area (Å²) in [7, 11) is 3.96. The molecule has 0 fully saturated rings. The summed E-state index contributed by atoms with van der Waals surface area (Å²) in [4.78, 5) is 28.5. The van der Waals surface area contributed by atoms with Crippen molar-refractivity contribution >= 4 is 56.4 Å². The standard InChI is InChI=1S/C30H28ClN5O2/c1-19(37)36(16-15-35(2)3)24-10-8-23(9-11-24)33-29(21-6-13-26-20(17-21)5-4-14-32-26)28-25-12-7-22(31)18-27(25)34-30(28)38/h4-14,17-18,34,38H,15-16H2,1-3H3. The Labute approximate surface area is 226 Å². The first-order valence-corrected chi connectivity index (χ1v) is 12.7. The quantitative estimate of drug-likeness (QED) is 0.249. The number of carbonyl (C=O) groups is 1. The lowest BCUT2D eigenvalue weighted by atomic mass is 9.99. The zero-order valence-corrected chi connectivity index (χ0v) is 22.2. The molecule has 0 atom stereocenters. The molecule has 192 valence electrons. The minimum absolute atomic E-state index is 0.00959. The Hall–Kier alpha value is -4.20. The van der Waals surface area contributed by atoms with Gasteiger partial charge < -0.3 is 19.9 Å². The second-order valence-electron chi connectivity index (χ2n) is 9.40. The van der Waals surface area contributed by atoms with Gasteiger partial charge in [0.1, 0.15) is 0 Å². The molecule has 0 aliphatic carbocycles. The lowest BCUT2D eigenvalue weighted by Crippen LogP contribution is -2.35. The highest BCUT2D eigenvalue weighted by atomic mass is 35.5. The summed E-state index contributed by atoms with van der Waals surface area (Å²) in [6.07, 6.45) is 1.76. The highest BCUT2D eigenvalue weighted by Gasteiger charge is 2.20. The molecule has 0 saturated carbocycles. The monoisotopic (exact) mass is 525 g/mol. The maximum atomic E-state index is 12.3. The summed E-state index contributed by atoms with van der Waals surface area (Å²) in [5, 5.41) is 13.3. The van der Waals surface area contributed by atoms with Crippen molar-refractivity contribution < 1.29 is 9.90 Å². The van der Waals surface area contributed by atoms with Crippen LogP contribution in [-0.4, -0.2) is 58.8 Å². The minimum atomic E-state index is -0.0176. The normalized spacial score (nSPS) is 12.0. The lowest BCUT2D eigenvalue weighted by Gasteiger charge is -2.23. The topological polar surface area (TPSA) is 84.8 Å². The van der Waals surface area contributed by atoms with E-state index in [9.17, 15) is 9.90 Å². The number of amides is 1. The molecular formula is C30H28ClN5O2. The van der Waals surface area contributed by atoms with Gasteiger partial charge in [-0.3, -0.25) is 9.78 Å². The Morgan fingerprint density at radius 1 is 1.03 bits per heavy atom. The average Bonchev–Trinajstić information content (AvgIpc) is 3.22. The van der Waals surface area contributed by atoms with Gasteiger partial charge in [-0.2, -0.15) is 0 Å². The van der Waals surface area contributed by atoms with E-state index in [1.165, 1.54) is 0 Å². The van der Waals surface area contributed by atoms with Crippen LogP contribution in [0.4, 0.5) is 11.4 Å². The van der Waals surface area contributed by atoms with Crippen molar-refractivity contribution in [3.63, 3.8) is 0 Å². The van der Waals surface area contributed by atoms with Crippen molar-refractivity contribution in [1.82, 2.24) is 14.9 Å². The molecule has 2 N–H and O–H groups in total. The number of H-pyrrole nitrogens is 1. The van der Waals surface area contributed by atoms with Crippen LogP contribution in [0.3, 0.4) is 0 Å². The number of hydrogen-bond acceptors (Lipinski definition) is 5. The Morgan fingerprint density at radius 3 is 2.55 bits per heavy atom. The van der Waals surface area contributed by atoms with Crippen LogP contribution in [0.15, 0.2) is 84.0 Å². The van der Waals surface area contributed by atoms with Crippen LogP contribution in [0.2, 0.25) is 5.02 Å². The number of likely N-dealkylation sites (N-methyl/N-ethyl adjacent to an activating group) is 1. The molecule has 0 saturated heterocycles. The summed E-state index contributed by atoms with van der Waals surface area (Å²) in [6, 6.07) is 22.8. The number of aromatic hydroxyl groups is 1. The van der Waals surface area contributed by atoms with Crippen LogP contribution in [0.5, 0.6) is 5.88 Å². The molecule has 38 heavy (non-hydrogen) atoms. The number of carbonyl (C=O) groups excluding carboxylic acids is 1. The van der Waals surface area contributed by atoms with Gasteiger partial charge in [0.15, 0.2) is 5.88 Å². The fraction of sp³-hybridized carbons (Fsp3) is 0.167. The van der Waals surface area contributed by atoms with E-state index < -0.39 is 0 Å². The highest BCUT2D eigenvalue weighted by molar-refractivity contribution is 6.31. The first-order chi connectivity index (χ1) is 18.3. The molecule has 5 aromatic rings. The summed E-state index contributed by atoms with van der Waals surface area (Å²) >= 11 is 6.20. The van der Waals surface area contributed by atoms with Gasteiger partial charge in [0.2, 0.25) is 5.91 Å². The molecular weight excluding hydrogens is 498 g/mol. The molecule has 3 aromatic carbocycles. The van der Waals surface area contributed by atoms with E-state index in [4.69, 9.17) is 16.6 Å². The van der Waals surface area contributed by atoms with Crippen molar-refractivity contribution in [3.8, 4) is 5.88 Å². The van der Waals surface area contributed by atoms with E-state index in [-0.39, 0.29) is 11.8 Å². The lowest BCUT2D eigenvalue weighted by molar-refractivity contribution is -0.116. The van der Waals surface area contributed by atoms with Gasteiger partial charge in [-0.05, 0) is 68.7 Å². The SMILES string of the molecule is CC(=O)N(CCN(C)C)c1ccc(N=C(c2ccc3ncccc3c2)c2c(O)[nH]c3cc(Cl)ccc23)cc1. The summed E-state index contributed by atoms with van der Waals surface area (Å²) in [5.41, 5.74) is 5.10. The third-order valence-corrected chi connectivity index (χ3v) is 6.64. The fourth-order valence-electron chi connectivity index (χ4n) is 4.49. The summed E-state index contributed by atoms with van der Waals surface area (Å²) in [6.45, 7) is 2.91. The molecule has 0 bridgehead atoms. The van der Waals surface area contributed by atoms with E-state index in [0.29, 0.717) is 34.0 Å². The molecule has 7 nitrogen and oxygen atoms in total. The van der Waals surface area contributed by atoms with Crippen molar-refractivity contribution in [2.45, 2.75) is 6.92 Å². The third kappa shape index (κ3) is 5.25. The van der Waals surface area contributed by atoms with Gasteiger partial charge >= 0.3 is 0 Å². The molecule has 2 heterocycles. The number of nitrogens with one attached hydrogen (secondary N) is 1. The Balaban J connectivity index is 1.62. The third-order valence-electron chi connectivity index (χ3n) is 6.41. The van der Waals surface area contributed by atoms with Gasteiger partial charge in [-0.15, -0.1) is 0 Å². The van der Waals surface area contributed by atoms with E-state index >= 15 is 0 Å². The van der Waals surface area contributed by atoms with Crippen molar-refractivity contribution in [3.05, 3.63) is 95.1 Å². The van der Waals surface area contributed by atoms with Crippen molar-refractivity contribution in [2.75, 3.05) is 32.1 Å². The predicted molar refractivity (Wildman–Crippen MR) is 155 cm³/mol. The molecule has 0 aliphatic heterocycles. The molecule has 2 aromatic heterocycles. The van der Waals surface area contributed by atoms with Gasteiger partial charge in [0.25, 0.3) is 0 Å². The Kier molecular flexibility index (Phi) is 7.13. The number of aromatic amines is 1. The van der Waals surface area contributed by atoms with Crippen molar-refractivity contribution in [1.29, 1.82) is 0 Å². The minimum Gasteiger partial charge on any atom is -0.494 e. The van der Waals surface area contributed by atoms with E-state index in [1.807, 2.05) is 79.7 Å². The second kappa shape index (κ2) is 10.7. The van der Waals surface area contributed by atoms with Gasteiger partial charge in [-0.1, -0.05) is 29.8 Å². The number of halogens is 1. The first kappa shape index (κ1) is 25.4. The van der Waals surface area contributed by atoms with Crippen LogP contribution < -0.4 is 4.90 Å². The van der Waals surface area contributed by atoms with Crippen molar-refractivity contribution in [2.24, 2.45) is 4.99 Å². The zero-order valence-electron chi connectivity index (χ0n) is 21.4. The summed E-state index contributed by atoms with van der Waals surface area (Å²) in [5.74, 6) is -0.00806. The number of rotatable bonds is 7. The number of aromatic nitrogens is 2. The maximum absolute atomic E-state index is 12.3. The second-order valence-corrected chi connectivity index (χ2v) is 9.84. The smallest absolute Gasteiger partial charge is 0.223 e. The summed E-state index contributed by atoms with van der Waals surface area (Å²) < 4.78 is 0. The van der Waals surface area contributed by atoms with Gasteiger partial charge in [0, 0.05) is 53.3 Å². The Bertz CT molecular complexity index is 1660. The molecule has 0 unspecified atom stereocenters. The van der Waals surface area contributed by atoms with Crippen LogP contribution in [0, 0.1) is 0 Å². The number of pyridine rings is 1. The number of anilines is 1. The maximum Gasteiger partial charge on any atom is 0.223 e. The zero-order chi connectivity index (χ0) is 26.8. The number of fused-ring (bicyclic) bond motifs is 2. The molecule has 0 aliphatic rings. The molecule has 8 heteroatoms. The number of hydrogen-bond donors (Lipinski definition) is 2. The molecule has 0 spiro atoms. The predicted octanol–water partition coefficient (Wildman–Crippen LogP) is 6.16. The van der Waals surface area contributed by atoms with Crippen LogP contribution in [0.25, 0.3) is 21.8 Å². The fourth-order valence-corrected chi connectivity index (χ4v) is 4.66. The Morgan fingerprint density at radius 2 is 1.82 bits per heavy atom. The van der Waals surface area contributed by atoms with Crippen LogP contribution in [0.1, 0.15) is 18.1 Å². The molecule has 0 radical (unpaired) electrons. The van der Waals surface area contributed by atoms with Crippen LogP contribution >= 0.6 is 11.6 Å². The van der Waals surface area contributed by atoms with Gasteiger partial charge in [-0.25, -0.2) is 4.99 Å². The van der Waals surface area contributed by atoms with E-state index in [0.717, 1.165) is 34.1 Å².